The van der Waals surface area contributed by atoms with Crippen LogP contribution in [0.2, 0.25) is 0 Å². The van der Waals surface area contributed by atoms with Crippen LogP contribution in [0, 0.1) is 0 Å². The Morgan fingerprint density at radius 2 is 2.00 bits per heavy atom. The Kier molecular flexibility index (Phi) is 5.76. The van der Waals surface area contributed by atoms with Crippen LogP contribution in [-0.2, 0) is 23.1 Å². The average molecular weight is 226 g/mol. The molecule has 0 aliphatic carbocycles. The molecule has 14 heavy (non-hydrogen) atoms. The Morgan fingerprint density at radius 1 is 1.43 bits per heavy atom. The molecule has 0 saturated carbocycles. The van der Waals surface area contributed by atoms with E-state index in [1.54, 1.807) is 13.8 Å². The average Bonchev–Trinajstić information content (AvgIpc) is 2.02. The second-order valence-electron chi connectivity index (χ2n) is 2.76. The summed E-state index contributed by atoms with van der Waals surface area (Å²) in [5.74, 6) is 0. The molecule has 1 atom stereocenters. The highest BCUT2D eigenvalue weighted by Crippen LogP contribution is 2.42. The molecule has 7 heteroatoms. The lowest BCUT2D eigenvalue weighted by molar-refractivity contribution is -0.0114. The number of carbonyl (C=O) groups excluding carboxylic acids is 1. The predicted molar refractivity (Wildman–Crippen MR) is 49.2 cm³/mol. The molecular formula is C7H15O6P. The van der Waals surface area contributed by atoms with Crippen molar-refractivity contribution in [3.05, 3.63) is 0 Å². The molecule has 0 fully saturated rings. The summed E-state index contributed by atoms with van der Waals surface area (Å²) in [6.07, 6.45) is -1.13. The number of ether oxygens (including phenoxy) is 2. The van der Waals surface area contributed by atoms with E-state index in [0.29, 0.717) is 0 Å². The molecule has 0 rings (SSSR count). The lowest BCUT2D eigenvalue weighted by atomic mass is 10.5. The van der Waals surface area contributed by atoms with Crippen molar-refractivity contribution in [3.63, 3.8) is 0 Å². The lowest BCUT2D eigenvalue weighted by Gasteiger charge is -2.12. The highest BCUT2D eigenvalue weighted by Gasteiger charge is 2.15. The molecule has 84 valence electrons. The molecule has 0 aromatic carbocycles. The molecule has 1 unspecified atom stereocenters. The van der Waals surface area contributed by atoms with Crippen LogP contribution in [0.1, 0.15) is 13.8 Å². The van der Waals surface area contributed by atoms with Crippen LogP contribution in [0.3, 0.4) is 0 Å². The van der Waals surface area contributed by atoms with Crippen LogP contribution in [0.5, 0.6) is 0 Å². The number of hydrogen-bond donors (Lipinski definition) is 0. The van der Waals surface area contributed by atoms with E-state index in [1.165, 1.54) is 13.8 Å². The van der Waals surface area contributed by atoms with Crippen molar-refractivity contribution in [3.8, 4) is 0 Å². The van der Waals surface area contributed by atoms with Crippen LogP contribution in [0.4, 0.5) is 4.79 Å². The maximum Gasteiger partial charge on any atom is 0.510 e. The summed E-state index contributed by atoms with van der Waals surface area (Å²) >= 11 is 0. The molecule has 0 N–H and O–H groups in total. The first-order valence-electron chi connectivity index (χ1n) is 3.98. The van der Waals surface area contributed by atoms with Gasteiger partial charge in [0.1, 0.15) is 0 Å². The highest BCUT2D eigenvalue weighted by molar-refractivity contribution is 7.52. The van der Waals surface area contributed by atoms with Gasteiger partial charge in [-0.15, -0.1) is 0 Å². The third-order valence-corrected chi connectivity index (χ3v) is 2.37. The first kappa shape index (κ1) is 13.4. The van der Waals surface area contributed by atoms with E-state index in [0.717, 1.165) is 0 Å². The first-order chi connectivity index (χ1) is 6.37. The zero-order chi connectivity index (χ0) is 11.2. The lowest BCUT2D eigenvalue weighted by Crippen LogP contribution is -2.14. The van der Waals surface area contributed by atoms with Crippen LogP contribution in [-0.4, -0.2) is 32.8 Å². The van der Waals surface area contributed by atoms with E-state index >= 15 is 0 Å². The van der Waals surface area contributed by atoms with Crippen molar-refractivity contribution in [2.75, 3.05) is 20.6 Å². The molecule has 0 radical (unpaired) electrons. The van der Waals surface area contributed by atoms with Gasteiger partial charge < -0.3 is 14.0 Å². The molecule has 0 saturated heterocycles. The quantitative estimate of drug-likeness (QED) is 0.405. The third-order valence-electron chi connectivity index (χ3n) is 1.13. The van der Waals surface area contributed by atoms with Crippen molar-refractivity contribution in [1.29, 1.82) is 0 Å². The van der Waals surface area contributed by atoms with Gasteiger partial charge in [-0.05, 0) is 13.8 Å². The molecule has 0 aliphatic rings. The minimum Gasteiger partial charge on any atom is -0.432 e. The van der Waals surface area contributed by atoms with Crippen LogP contribution >= 0.6 is 7.60 Å². The Balaban J connectivity index is 3.64. The van der Waals surface area contributed by atoms with E-state index in [1.807, 2.05) is 0 Å². The zero-order valence-electron chi connectivity index (χ0n) is 8.68. The second kappa shape index (κ2) is 6.01. The topological polar surface area (TPSA) is 71.1 Å². The summed E-state index contributed by atoms with van der Waals surface area (Å²) in [4.78, 5) is 10.8. The van der Waals surface area contributed by atoms with Crippen LogP contribution in [0.25, 0.3) is 0 Å². The van der Waals surface area contributed by atoms with Gasteiger partial charge in [0, 0.05) is 13.8 Å². The summed E-state index contributed by atoms with van der Waals surface area (Å²) in [5.41, 5.74) is 0. The van der Waals surface area contributed by atoms with Gasteiger partial charge >= 0.3 is 13.8 Å². The van der Waals surface area contributed by atoms with Gasteiger partial charge in [0.05, 0.1) is 6.10 Å². The van der Waals surface area contributed by atoms with Gasteiger partial charge in [0.2, 0.25) is 6.79 Å². The van der Waals surface area contributed by atoms with Crippen molar-refractivity contribution in [2.24, 2.45) is 0 Å². The Bertz CT molecular complexity index is 226. The fraction of sp³-hybridized carbons (Fsp3) is 0.857. The van der Waals surface area contributed by atoms with E-state index in [9.17, 15) is 9.36 Å². The Labute approximate surface area is 83.0 Å². The smallest absolute Gasteiger partial charge is 0.432 e. The fourth-order valence-electron chi connectivity index (χ4n) is 0.449. The van der Waals surface area contributed by atoms with Gasteiger partial charge in [0.25, 0.3) is 0 Å². The van der Waals surface area contributed by atoms with Crippen molar-refractivity contribution < 1.29 is 27.9 Å². The van der Waals surface area contributed by atoms with Crippen LogP contribution in [0.15, 0.2) is 0 Å². The molecule has 0 bridgehead atoms. The molecule has 0 aromatic heterocycles. The third kappa shape index (κ3) is 6.88. The van der Waals surface area contributed by atoms with E-state index in [4.69, 9.17) is 0 Å². The van der Waals surface area contributed by atoms with Gasteiger partial charge in [-0.25, -0.2) is 4.79 Å². The van der Waals surface area contributed by atoms with E-state index < -0.39 is 20.5 Å². The molecule has 0 aliphatic heterocycles. The van der Waals surface area contributed by atoms with Gasteiger partial charge in [-0.2, -0.15) is 0 Å². The van der Waals surface area contributed by atoms with Gasteiger partial charge in [-0.3, -0.25) is 9.09 Å². The maximum atomic E-state index is 11.1. The molecule has 0 heterocycles. The molecular weight excluding hydrogens is 211 g/mol. The first-order valence-corrected chi connectivity index (χ1v) is 5.97. The SMILES string of the molecule is COP(C)(=O)OCOC(=O)OC(C)C. The number of rotatable bonds is 5. The van der Waals surface area contributed by atoms with Gasteiger partial charge in [-0.1, -0.05) is 0 Å². The summed E-state index contributed by atoms with van der Waals surface area (Å²) in [6.45, 7) is 4.18. The fourth-order valence-corrected chi connectivity index (χ4v) is 0.799. The van der Waals surface area contributed by atoms with Crippen molar-refractivity contribution in [2.45, 2.75) is 20.0 Å². The number of carbonyl (C=O) groups is 1. The Morgan fingerprint density at radius 3 is 2.43 bits per heavy atom. The molecule has 0 amide bonds. The second-order valence-corrected chi connectivity index (χ2v) is 4.93. The van der Waals surface area contributed by atoms with Gasteiger partial charge in [0.15, 0.2) is 0 Å². The maximum absolute atomic E-state index is 11.1. The van der Waals surface area contributed by atoms with Crippen molar-refractivity contribution >= 4 is 13.8 Å². The number of hydrogen-bond acceptors (Lipinski definition) is 6. The Hall–Kier alpha value is -0.580. The molecule has 0 spiro atoms. The molecule has 6 nitrogen and oxygen atoms in total. The highest BCUT2D eigenvalue weighted by atomic mass is 31.2. The summed E-state index contributed by atoms with van der Waals surface area (Å²) in [7, 11) is -1.85. The summed E-state index contributed by atoms with van der Waals surface area (Å²) in [5, 5.41) is 0. The summed E-state index contributed by atoms with van der Waals surface area (Å²) < 4.78 is 29.3. The van der Waals surface area contributed by atoms with Crippen LogP contribution < -0.4 is 0 Å². The van der Waals surface area contributed by atoms with E-state index in [2.05, 4.69) is 18.5 Å². The van der Waals surface area contributed by atoms with Crippen molar-refractivity contribution in [1.82, 2.24) is 0 Å². The zero-order valence-corrected chi connectivity index (χ0v) is 9.58. The minimum absolute atomic E-state index is 0.265. The monoisotopic (exact) mass is 226 g/mol. The normalized spacial score (nSPS) is 14.9. The summed E-state index contributed by atoms with van der Waals surface area (Å²) in [6, 6.07) is 0. The predicted octanol–water partition coefficient (Wildman–Crippen LogP) is 1.99. The largest absolute Gasteiger partial charge is 0.510 e. The van der Waals surface area contributed by atoms with E-state index in [-0.39, 0.29) is 6.10 Å². The molecule has 0 aromatic rings. The standard InChI is InChI=1S/C7H15O6P/c1-6(2)13-7(8)11-5-12-14(4,9)10-3/h6H,5H2,1-4H3. The minimum atomic E-state index is -3.10.